The number of carboxylic acid groups (broad SMARTS) is 1. The van der Waals surface area contributed by atoms with Gasteiger partial charge in [-0.05, 0) is 18.8 Å². The first-order valence-electron chi connectivity index (χ1n) is 6.06. The molecule has 0 saturated heterocycles. The van der Waals surface area contributed by atoms with Gasteiger partial charge in [-0.1, -0.05) is 39.0 Å². The van der Waals surface area contributed by atoms with Crippen molar-refractivity contribution in [2.24, 2.45) is 11.8 Å². The molecule has 0 heterocycles. The zero-order chi connectivity index (χ0) is 11.3. The van der Waals surface area contributed by atoms with Gasteiger partial charge in [-0.2, -0.15) is 0 Å². The molecule has 1 saturated carbocycles. The average molecular weight is 214 g/mol. The SMILES string of the molecule is CCCCCC(O)C(CC1CC1)C(=O)O. The van der Waals surface area contributed by atoms with Gasteiger partial charge >= 0.3 is 5.97 Å². The van der Waals surface area contributed by atoms with E-state index in [0.29, 0.717) is 18.8 Å². The van der Waals surface area contributed by atoms with Gasteiger partial charge in [0.2, 0.25) is 0 Å². The van der Waals surface area contributed by atoms with Crippen molar-refractivity contribution >= 4 is 5.97 Å². The number of aliphatic hydroxyl groups is 1. The zero-order valence-corrected chi connectivity index (χ0v) is 9.48. The summed E-state index contributed by atoms with van der Waals surface area (Å²) < 4.78 is 0. The Morgan fingerprint density at radius 3 is 2.53 bits per heavy atom. The molecule has 0 amide bonds. The Kier molecular flexibility index (Phi) is 5.09. The van der Waals surface area contributed by atoms with E-state index in [-0.39, 0.29) is 0 Å². The maximum absolute atomic E-state index is 11.0. The number of hydrogen-bond acceptors (Lipinski definition) is 2. The lowest BCUT2D eigenvalue weighted by molar-refractivity contribution is -0.146. The summed E-state index contributed by atoms with van der Waals surface area (Å²) in [7, 11) is 0. The molecule has 0 radical (unpaired) electrons. The predicted molar refractivity (Wildman–Crippen MR) is 58.6 cm³/mol. The molecule has 2 atom stereocenters. The van der Waals surface area contributed by atoms with Crippen molar-refractivity contribution in [3.05, 3.63) is 0 Å². The van der Waals surface area contributed by atoms with Crippen LogP contribution in [-0.4, -0.2) is 22.3 Å². The van der Waals surface area contributed by atoms with E-state index < -0.39 is 18.0 Å². The van der Waals surface area contributed by atoms with Crippen LogP contribution in [0.2, 0.25) is 0 Å². The van der Waals surface area contributed by atoms with Gasteiger partial charge < -0.3 is 10.2 Å². The van der Waals surface area contributed by atoms with Gasteiger partial charge in [0.15, 0.2) is 0 Å². The monoisotopic (exact) mass is 214 g/mol. The third-order valence-corrected chi connectivity index (χ3v) is 3.17. The second-order valence-electron chi connectivity index (χ2n) is 4.69. The molecule has 3 nitrogen and oxygen atoms in total. The standard InChI is InChI=1S/C12H22O3/c1-2-3-4-5-11(13)10(12(14)15)8-9-6-7-9/h9-11,13H,2-8H2,1H3,(H,14,15). The van der Waals surface area contributed by atoms with Crippen LogP contribution < -0.4 is 0 Å². The molecule has 15 heavy (non-hydrogen) atoms. The zero-order valence-electron chi connectivity index (χ0n) is 9.48. The van der Waals surface area contributed by atoms with E-state index in [9.17, 15) is 9.90 Å². The van der Waals surface area contributed by atoms with Gasteiger partial charge in [-0.15, -0.1) is 0 Å². The van der Waals surface area contributed by atoms with Crippen molar-refractivity contribution in [3.63, 3.8) is 0 Å². The summed E-state index contributed by atoms with van der Waals surface area (Å²) in [6.07, 6.45) is 6.07. The van der Waals surface area contributed by atoms with Crippen LogP contribution in [0.3, 0.4) is 0 Å². The molecule has 1 rings (SSSR count). The van der Waals surface area contributed by atoms with Crippen LogP contribution in [0.4, 0.5) is 0 Å². The van der Waals surface area contributed by atoms with Gasteiger partial charge in [0.1, 0.15) is 0 Å². The lowest BCUT2D eigenvalue weighted by Gasteiger charge is -2.18. The molecule has 1 fully saturated rings. The highest BCUT2D eigenvalue weighted by Gasteiger charge is 2.33. The van der Waals surface area contributed by atoms with Crippen LogP contribution >= 0.6 is 0 Å². The van der Waals surface area contributed by atoms with Crippen molar-refractivity contribution < 1.29 is 15.0 Å². The normalized spacial score (nSPS) is 19.9. The van der Waals surface area contributed by atoms with E-state index in [1.54, 1.807) is 0 Å². The third kappa shape index (κ3) is 4.65. The van der Waals surface area contributed by atoms with Gasteiger partial charge in [0, 0.05) is 0 Å². The Balaban J connectivity index is 2.29. The number of carbonyl (C=O) groups is 1. The molecule has 0 aromatic carbocycles. The maximum atomic E-state index is 11.0. The van der Waals surface area contributed by atoms with Crippen LogP contribution in [0.25, 0.3) is 0 Å². The summed E-state index contributed by atoms with van der Waals surface area (Å²) in [6.45, 7) is 2.10. The summed E-state index contributed by atoms with van der Waals surface area (Å²) in [5.41, 5.74) is 0. The highest BCUT2D eigenvalue weighted by Crippen LogP contribution is 2.36. The van der Waals surface area contributed by atoms with Crippen LogP contribution in [-0.2, 0) is 4.79 Å². The Morgan fingerprint density at radius 2 is 2.07 bits per heavy atom. The molecule has 1 aliphatic carbocycles. The molecule has 2 unspecified atom stereocenters. The summed E-state index contributed by atoms with van der Waals surface area (Å²) >= 11 is 0. The first-order chi connectivity index (χ1) is 7.15. The van der Waals surface area contributed by atoms with Gasteiger partial charge in [0.05, 0.1) is 12.0 Å². The first kappa shape index (κ1) is 12.5. The number of aliphatic carboxylic acids is 1. The Hall–Kier alpha value is -0.570. The smallest absolute Gasteiger partial charge is 0.309 e. The van der Waals surface area contributed by atoms with Crippen molar-refractivity contribution in [1.82, 2.24) is 0 Å². The summed E-state index contributed by atoms with van der Waals surface area (Å²) in [5, 5.41) is 18.8. The molecule has 1 aliphatic rings. The summed E-state index contributed by atoms with van der Waals surface area (Å²) in [4.78, 5) is 11.0. The summed E-state index contributed by atoms with van der Waals surface area (Å²) in [6, 6.07) is 0. The fourth-order valence-electron chi connectivity index (χ4n) is 1.94. The second kappa shape index (κ2) is 6.11. The number of unbranched alkanes of at least 4 members (excludes halogenated alkanes) is 2. The molecular weight excluding hydrogens is 192 g/mol. The number of hydrogen-bond donors (Lipinski definition) is 2. The van der Waals surface area contributed by atoms with E-state index in [4.69, 9.17) is 5.11 Å². The second-order valence-corrected chi connectivity index (χ2v) is 4.69. The van der Waals surface area contributed by atoms with E-state index in [1.807, 2.05) is 0 Å². The highest BCUT2D eigenvalue weighted by atomic mass is 16.4. The van der Waals surface area contributed by atoms with Crippen molar-refractivity contribution in [1.29, 1.82) is 0 Å². The number of aliphatic hydroxyl groups excluding tert-OH is 1. The summed E-state index contributed by atoms with van der Waals surface area (Å²) in [5.74, 6) is -0.799. The molecule has 0 bridgehead atoms. The van der Waals surface area contributed by atoms with Crippen LogP contribution in [0.15, 0.2) is 0 Å². The maximum Gasteiger partial charge on any atom is 0.309 e. The molecule has 0 aromatic heterocycles. The quantitative estimate of drug-likeness (QED) is 0.610. The molecule has 88 valence electrons. The van der Waals surface area contributed by atoms with E-state index in [1.165, 1.54) is 0 Å². The van der Waals surface area contributed by atoms with Crippen molar-refractivity contribution in [3.8, 4) is 0 Å². The fraction of sp³-hybridized carbons (Fsp3) is 0.917. The van der Waals surface area contributed by atoms with Crippen LogP contribution in [0.1, 0.15) is 51.9 Å². The molecule has 0 aromatic rings. The highest BCUT2D eigenvalue weighted by molar-refractivity contribution is 5.70. The Bertz CT molecular complexity index is 199. The minimum absolute atomic E-state index is 0.533. The van der Waals surface area contributed by atoms with Gasteiger partial charge in [-0.25, -0.2) is 0 Å². The van der Waals surface area contributed by atoms with Crippen molar-refractivity contribution in [2.75, 3.05) is 0 Å². The number of rotatable bonds is 8. The number of carboxylic acids is 1. The topological polar surface area (TPSA) is 57.5 Å². The molecule has 0 aliphatic heterocycles. The first-order valence-corrected chi connectivity index (χ1v) is 6.06. The van der Waals surface area contributed by atoms with Crippen LogP contribution in [0, 0.1) is 11.8 Å². The van der Waals surface area contributed by atoms with Gasteiger partial charge in [-0.3, -0.25) is 4.79 Å². The lowest BCUT2D eigenvalue weighted by Crippen LogP contribution is -2.28. The minimum atomic E-state index is -0.828. The Labute approximate surface area is 91.5 Å². The lowest BCUT2D eigenvalue weighted by atomic mass is 9.92. The van der Waals surface area contributed by atoms with E-state index in [0.717, 1.165) is 32.1 Å². The Morgan fingerprint density at radius 1 is 1.40 bits per heavy atom. The predicted octanol–water partition coefficient (Wildman–Crippen LogP) is 2.43. The van der Waals surface area contributed by atoms with Crippen LogP contribution in [0.5, 0.6) is 0 Å². The molecular formula is C12H22O3. The molecule has 2 N–H and O–H groups in total. The third-order valence-electron chi connectivity index (χ3n) is 3.17. The fourth-order valence-corrected chi connectivity index (χ4v) is 1.94. The van der Waals surface area contributed by atoms with E-state index in [2.05, 4.69) is 6.92 Å². The molecule has 0 spiro atoms. The largest absolute Gasteiger partial charge is 0.481 e. The molecule has 3 heteroatoms. The van der Waals surface area contributed by atoms with Crippen molar-refractivity contribution in [2.45, 2.75) is 58.0 Å². The van der Waals surface area contributed by atoms with E-state index >= 15 is 0 Å². The van der Waals surface area contributed by atoms with Gasteiger partial charge in [0.25, 0.3) is 0 Å². The average Bonchev–Trinajstić information content (AvgIpc) is 2.97. The minimum Gasteiger partial charge on any atom is -0.481 e.